The molecule has 0 saturated heterocycles. The van der Waals surface area contributed by atoms with Gasteiger partial charge in [0.05, 0.1) is 5.75 Å². The van der Waals surface area contributed by atoms with Gasteiger partial charge in [-0.05, 0) is 31.0 Å². The molecule has 0 unspecified atom stereocenters. The molecule has 0 aliphatic heterocycles. The van der Waals surface area contributed by atoms with Crippen molar-refractivity contribution < 1.29 is 9.59 Å². The summed E-state index contributed by atoms with van der Waals surface area (Å²) in [6.45, 7) is 1.95. The van der Waals surface area contributed by atoms with Crippen LogP contribution in [0.25, 0.3) is 0 Å². The van der Waals surface area contributed by atoms with Gasteiger partial charge in [0.25, 0.3) is 0 Å². The maximum Gasteiger partial charge on any atom is 0.343 e. The minimum Gasteiger partial charge on any atom is -0.325 e. The monoisotopic (exact) mass is 396 g/mol. The normalized spacial score (nSPS) is 10.6. The third kappa shape index (κ3) is 5.20. The summed E-state index contributed by atoms with van der Waals surface area (Å²) in [5.41, 5.74) is 1.91. The Balaban J connectivity index is 1.58. The van der Waals surface area contributed by atoms with Gasteiger partial charge in [0.1, 0.15) is 0 Å². The van der Waals surface area contributed by atoms with E-state index in [0.29, 0.717) is 29.4 Å². The van der Waals surface area contributed by atoms with Crippen LogP contribution in [0, 0.1) is 0 Å². The lowest BCUT2D eigenvalue weighted by Gasteiger charge is -2.07. The summed E-state index contributed by atoms with van der Waals surface area (Å²) < 4.78 is 1.53. The van der Waals surface area contributed by atoms with Crippen molar-refractivity contribution in [3.63, 3.8) is 0 Å². The van der Waals surface area contributed by atoms with Gasteiger partial charge in [-0.3, -0.25) is 14.2 Å². The van der Waals surface area contributed by atoms with Crippen molar-refractivity contribution in [2.75, 3.05) is 11.1 Å². The Labute approximate surface area is 166 Å². The molecule has 0 radical (unpaired) electrons. The number of rotatable bonds is 8. The molecule has 1 heterocycles. The van der Waals surface area contributed by atoms with Crippen molar-refractivity contribution in [3.8, 4) is 0 Å². The summed E-state index contributed by atoms with van der Waals surface area (Å²) >= 11 is 1.18. The molecular weight excluding hydrogens is 376 g/mol. The van der Waals surface area contributed by atoms with Crippen LogP contribution in [-0.4, -0.2) is 32.2 Å². The average Bonchev–Trinajstić information content (AvgIpc) is 3.05. The van der Waals surface area contributed by atoms with Crippen LogP contribution in [0.5, 0.6) is 0 Å². The first-order valence-electron chi connectivity index (χ1n) is 8.75. The van der Waals surface area contributed by atoms with Crippen molar-refractivity contribution in [2.24, 2.45) is 0 Å². The first kappa shape index (κ1) is 19.6. The van der Waals surface area contributed by atoms with E-state index in [-0.39, 0.29) is 23.1 Å². The number of H-pyrrole nitrogens is 1. The lowest BCUT2D eigenvalue weighted by molar-refractivity contribution is -0.113. The van der Waals surface area contributed by atoms with Crippen molar-refractivity contribution in [3.05, 3.63) is 76.2 Å². The molecule has 3 aromatic rings. The number of hydrogen-bond acceptors (Lipinski definition) is 5. The molecule has 0 spiro atoms. The summed E-state index contributed by atoms with van der Waals surface area (Å²) in [6.07, 6.45) is 0.692. The average molecular weight is 396 g/mol. The molecule has 2 N–H and O–H groups in total. The number of carbonyl (C=O) groups excluding carboxylic acids is 2. The van der Waals surface area contributed by atoms with E-state index >= 15 is 0 Å². The molecule has 28 heavy (non-hydrogen) atoms. The SMILES string of the molecule is CC(=O)c1cccc(NC(=O)CSc2n[nH]c(=O)n2CCc2ccccc2)c1. The van der Waals surface area contributed by atoms with Gasteiger partial charge in [-0.15, -0.1) is 5.10 Å². The summed E-state index contributed by atoms with van der Waals surface area (Å²) in [5, 5.41) is 9.66. The molecule has 8 heteroatoms. The van der Waals surface area contributed by atoms with E-state index in [2.05, 4.69) is 15.5 Å². The van der Waals surface area contributed by atoms with Gasteiger partial charge in [0.2, 0.25) is 5.91 Å². The van der Waals surface area contributed by atoms with Crippen LogP contribution in [0.1, 0.15) is 22.8 Å². The number of nitrogens with zero attached hydrogens (tertiary/aromatic N) is 2. The second-order valence-electron chi connectivity index (χ2n) is 6.17. The van der Waals surface area contributed by atoms with Crippen LogP contribution in [0.3, 0.4) is 0 Å². The number of carbonyl (C=O) groups is 2. The number of aromatic amines is 1. The largest absolute Gasteiger partial charge is 0.343 e. The first-order chi connectivity index (χ1) is 13.5. The highest BCUT2D eigenvalue weighted by Crippen LogP contribution is 2.16. The van der Waals surface area contributed by atoms with Crippen LogP contribution in [0.15, 0.2) is 64.5 Å². The number of hydrogen-bond donors (Lipinski definition) is 2. The molecule has 2 aromatic carbocycles. The van der Waals surface area contributed by atoms with Crippen LogP contribution in [0.4, 0.5) is 5.69 Å². The van der Waals surface area contributed by atoms with Gasteiger partial charge >= 0.3 is 5.69 Å². The van der Waals surface area contributed by atoms with E-state index in [1.54, 1.807) is 24.3 Å². The summed E-state index contributed by atoms with van der Waals surface area (Å²) in [4.78, 5) is 35.7. The first-order valence-corrected chi connectivity index (χ1v) is 9.74. The van der Waals surface area contributed by atoms with Gasteiger partial charge in [0.15, 0.2) is 10.9 Å². The third-order valence-electron chi connectivity index (χ3n) is 4.08. The van der Waals surface area contributed by atoms with Crippen LogP contribution < -0.4 is 11.0 Å². The van der Waals surface area contributed by atoms with Gasteiger partial charge < -0.3 is 5.32 Å². The number of nitrogens with one attached hydrogen (secondary N) is 2. The summed E-state index contributed by atoms with van der Waals surface area (Å²) in [5.74, 6) is -0.208. The standard InChI is InChI=1S/C20H20N4O3S/c1-14(25)16-8-5-9-17(12-16)21-18(26)13-28-20-23-22-19(27)24(20)11-10-15-6-3-2-4-7-15/h2-9,12H,10-11,13H2,1H3,(H,21,26)(H,22,27). The minimum absolute atomic E-state index is 0.0653. The van der Waals surface area contributed by atoms with Gasteiger partial charge in [-0.1, -0.05) is 54.2 Å². The Morgan fingerprint density at radius 2 is 1.93 bits per heavy atom. The third-order valence-corrected chi connectivity index (χ3v) is 5.05. The zero-order valence-corrected chi connectivity index (χ0v) is 16.2. The number of aryl methyl sites for hydroxylation is 1. The summed E-state index contributed by atoms with van der Waals surface area (Å²) in [6, 6.07) is 16.6. The molecule has 0 aliphatic rings. The highest BCUT2D eigenvalue weighted by molar-refractivity contribution is 7.99. The highest BCUT2D eigenvalue weighted by Gasteiger charge is 2.12. The fourth-order valence-corrected chi connectivity index (χ4v) is 3.41. The Morgan fingerprint density at radius 3 is 2.68 bits per heavy atom. The van der Waals surface area contributed by atoms with E-state index in [1.807, 2.05) is 30.3 Å². The van der Waals surface area contributed by atoms with Gasteiger partial charge in [-0.25, -0.2) is 9.89 Å². The zero-order valence-electron chi connectivity index (χ0n) is 15.3. The molecule has 0 aliphatic carbocycles. The van der Waals surface area contributed by atoms with E-state index in [9.17, 15) is 14.4 Å². The molecule has 1 aromatic heterocycles. The van der Waals surface area contributed by atoms with Gasteiger partial charge in [-0.2, -0.15) is 0 Å². The molecule has 144 valence electrons. The number of ketones is 1. The maximum absolute atomic E-state index is 12.2. The number of aromatic nitrogens is 3. The van der Waals surface area contributed by atoms with Crippen LogP contribution in [-0.2, 0) is 17.8 Å². The molecule has 7 nitrogen and oxygen atoms in total. The van der Waals surface area contributed by atoms with E-state index in [4.69, 9.17) is 0 Å². The second kappa shape index (κ2) is 9.18. The molecule has 1 amide bonds. The van der Waals surface area contributed by atoms with Crippen molar-refractivity contribution in [1.82, 2.24) is 14.8 Å². The predicted octanol–water partition coefficient (Wildman–Crippen LogP) is 2.75. The molecule has 3 rings (SSSR count). The number of anilines is 1. The number of benzene rings is 2. The molecule has 0 fully saturated rings. The van der Waals surface area contributed by atoms with E-state index < -0.39 is 0 Å². The summed E-state index contributed by atoms with van der Waals surface area (Å²) in [7, 11) is 0. The number of Topliss-reactive ketones (excluding diaryl/α,β-unsaturated/α-hetero) is 1. The van der Waals surface area contributed by atoms with E-state index in [1.165, 1.54) is 23.3 Å². The van der Waals surface area contributed by atoms with E-state index in [0.717, 1.165) is 5.56 Å². The Kier molecular flexibility index (Phi) is 6.44. The van der Waals surface area contributed by atoms with Crippen molar-refractivity contribution in [2.45, 2.75) is 25.0 Å². The molecular formula is C20H20N4O3S. The fourth-order valence-electron chi connectivity index (χ4n) is 2.64. The highest BCUT2D eigenvalue weighted by atomic mass is 32.2. The molecule has 0 atom stereocenters. The predicted molar refractivity (Wildman–Crippen MR) is 109 cm³/mol. The quantitative estimate of drug-likeness (QED) is 0.451. The van der Waals surface area contributed by atoms with Crippen molar-refractivity contribution in [1.29, 1.82) is 0 Å². The fraction of sp³-hybridized carbons (Fsp3) is 0.200. The lowest BCUT2D eigenvalue weighted by atomic mass is 10.1. The second-order valence-corrected chi connectivity index (χ2v) is 7.11. The number of thioether (sulfide) groups is 1. The zero-order chi connectivity index (χ0) is 19.9. The smallest absolute Gasteiger partial charge is 0.325 e. The Morgan fingerprint density at radius 1 is 1.14 bits per heavy atom. The van der Waals surface area contributed by atoms with Crippen molar-refractivity contribution >= 4 is 29.1 Å². The van der Waals surface area contributed by atoms with Crippen LogP contribution >= 0.6 is 11.8 Å². The number of amides is 1. The maximum atomic E-state index is 12.2. The minimum atomic E-state index is -0.298. The molecule has 0 bridgehead atoms. The topological polar surface area (TPSA) is 96.8 Å². The lowest BCUT2D eigenvalue weighted by Crippen LogP contribution is -2.20. The van der Waals surface area contributed by atoms with Crippen LogP contribution in [0.2, 0.25) is 0 Å². The Bertz CT molecular complexity index is 1030. The molecule has 0 saturated carbocycles. The van der Waals surface area contributed by atoms with Gasteiger partial charge in [0, 0.05) is 17.8 Å². The Hall–Kier alpha value is -3.13.